The molecule has 2 fully saturated rings. The van der Waals surface area contributed by atoms with Gasteiger partial charge in [0, 0.05) is 13.1 Å². The Kier molecular flexibility index (Phi) is 5.02. The summed E-state index contributed by atoms with van der Waals surface area (Å²) in [5.74, 6) is -0.0270. The van der Waals surface area contributed by atoms with Crippen molar-refractivity contribution in [3.05, 3.63) is 0 Å². The molecule has 0 aliphatic heterocycles. The molecule has 2 rings (SSSR count). The Morgan fingerprint density at radius 1 is 1.26 bits per heavy atom. The molecule has 0 saturated heterocycles. The molecule has 2 saturated carbocycles. The SMILES string of the molecule is CN(C(=O)OC(C)(C)C)C1CCC2(CC1)CC(CS(=O)(=O)O)C2. The summed E-state index contributed by atoms with van der Waals surface area (Å²) in [4.78, 5) is 13.8. The van der Waals surface area contributed by atoms with Crippen LogP contribution in [0, 0.1) is 11.3 Å². The summed E-state index contributed by atoms with van der Waals surface area (Å²) in [5, 5.41) is 0. The fourth-order valence-corrected chi connectivity index (χ4v) is 4.91. The Morgan fingerprint density at radius 2 is 1.78 bits per heavy atom. The van der Waals surface area contributed by atoms with Gasteiger partial charge in [0.05, 0.1) is 5.75 Å². The third-order valence-corrected chi connectivity index (χ3v) is 6.03. The summed E-state index contributed by atoms with van der Waals surface area (Å²) in [6.45, 7) is 5.58. The van der Waals surface area contributed by atoms with Gasteiger partial charge >= 0.3 is 6.09 Å². The van der Waals surface area contributed by atoms with E-state index < -0.39 is 15.7 Å². The molecule has 23 heavy (non-hydrogen) atoms. The highest BCUT2D eigenvalue weighted by Crippen LogP contribution is 2.55. The third kappa shape index (κ3) is 5.08. The summed E-state index contributed by atoms with van der Waals surface area (Å²) >= 11 is 0. The molecule has 6 nitrogen and oxygen atoms in total. The lowest BCUT2D eigenvalue weighted by molar-refractivity contribution is -0.0144. The van der Waals surface area contributed by atoms with E-state index in [4.69, 9.17) is 9.29 Å². The van der Waals surface area contributed by atoms with E-state index in [9.17, 15) is 13.2 Å². The minimum absolute atomic E-state index is 0.0881. The van der Waals surface area contributed by atoms with Crippen LogP contribution in [0.15, 0.2) is 0 Å². The maximum Gasteiger partial charge on any atom is 0.410 e. The number of carbonyl (C=O) groups excluding carboxylic acids is 1. The van der Waals surface area contributed by atoms with Gasteiger partial charge in [-0.2, -0.15) is 8.42 Å². The summed E-state index contributed by atoms with van der Waals surface area (Å²) in [5.41, 5.74) is -0.265. The van der Waals surface area contributed by atoms with Crippen LogP contribution in [-0.2, 0) is 14.9 Å². The fourth-order valence-electron chi connectivity index (χ4n) is 4.07. The molecule has 1 amide bonds. The van der Waals surface area contributed by atoms with E-state index in [-0.39, 0.29) is 29.2 Å². The quantitative estimate of drug-likeness (QED) is 0.793. The zero-order valence-corrected chi connectivity index (χ0v) is 15.4. The molecule has 0 bridgehead atoms. The standard InChI is InChI=1S/C16H29NO5S/c1-15(2,3)22-14(18)17(4)13-5-7-16(8-6-13)9-12(10-16)11-23(19,20)21/h12-13H,5-11H2,1-4H3,(H,19,20,21). The molecular formula is C16H29NO5S. The summed E-state index contributed by atoms with van der Waals surface area (Å²) < 4.78 is 36.2. The molecule has 0 atom stereocenters. The largest absolute Gasteiger partial charge is 0.444 e. The Bertz CT molecular complexity index is 535. The number of ether oxygens (including phenoxy) is 1. The van der Waals surface area contributed by atoms with Crippen LogP contribution in [0.3, 0.4) is 0 Å². The molecule has 0 aromatic carbocycles. The van der Waals surface area contributed by atoms with Crippen LogP contribution in [0.2, 0.25) is 0 Å². The van der Waals surface area contributed by atoms with Gasteiger partial charge in [-0.15, -0.1) is 0 Å². The van der Waals surface area contributed by atoms with Gasteiger partial charge < -0.3 is 9.64 Å². The number of amides is 1. The second-order valence-electron chi connectivity index (χ2n) is 8.35. The average molecular weight is 347 g/mol. The monoisotopic (exact) mass is 347 g/mol. The number of hydrogen-bond donors (Lipinski definition) is 1. The van der Waals surface area contributed by atoms with Gasteiger partial charge in [-0.3, -0.25) is 4.55 Å². The fraction of sp³-hybridized carbons (Fsp3) is 0.938. The Labute approximate surface area is 139 Å². The molecule has 2 aliphatic carbocycles. The smallest absolute Gasteiger partial charge is 0.410 e. The maximum absolute atomic E-state index is 12.1. The van der Waals surface area contributed by atoms with Crippen molar-refractivity contribution in [1.29, 1.82) is 0 Å². The predicted octanol–water partition coefficient (Wildman–Crippen LogP) is 3.08. The van der Waals surface area contributed by atoms with Crippen molar-refractivity contribution in [3.8, 4) is 0 Å². The molecule has 0 radical (unpaired) electrons. The van der Waals surface area contributed by atoms with Gasteiger partial charge in [0.2, 0.25) is 0 Å². The van der Waals surface area contributed by atoms with Crippen molar-refractivity contribution in [3.63, 3.8) is 0 Å². The molecule has 0 heterocycles. The van der Waals surface area contributed by atoms with E-state index in [0.717, 1.165) is 38.5 Å². The summed E-state index contributed by atoms with van der Waals surface area (Å²) in [6, 6.07) is 0.191. The van der Waals surface area contributed by atoms with Gasteiger partial charge in [0.1, 0.15) is 5.60 Å². The molecule has 1 N–H and O–H groups in total. The minimum atomic E-state index is -3.86. The van der Waals surface area contributed by atoms with Crippen molar-refractivity contribution >= 4 is 16.2 Å². The van der Waals surface area contributed by atoms with Gasteiger partial charge in [0.25, 0.3) is 10.1 Å². The highest BCUT2D eigenvalue weighted by Gasteiger charge is 2.47. The second kappa shape index (κ2) is 6.24. The first-order valence-electron chi connectivity index (χ1n) is 8.30. The first kappa shape index (κ1) is 18.5. The molecule has 0 unspecified atom stereocenters. The summed E-state index contributed by atoms with van der Waals surface area (Å²) in [6.07, 6.45) is 5.32. The van der Waals surface area contributed by atoms with Crippen molar-refractivity contribution in [2.24, 2.45) is 11.3 Å². The lowest BCUT2D eigenvalue weighted by atomic mass is 9.55. The van der Waals surface area contributed by atoms with Gasteiger partial charge in [0.15, 0.2) is 0 Å². The van der Waals surface area contributed by atoms with Crippen LogP contribution in [0.25, 0.3) is 0 Å². The zero-order chi connectivity index (χ0) is 17.5. The van der Waals surface area contributed by atoms with Gasteiger partial charge in [-0.05, 0) is 70.6 Å². The van der Waals surface area contributed by atoms with Crippen LogP contribution < -0.4 is 0 Å². The highest BCUT2D eigenvalue weighted by atomic mass is 32.2. The molecule has 7 heteroatoms. The van der Waals surface area contributed by atoms with Crippen molar-refractivity contribution in [2.75, 3.05) is 12.8 Å². The highest BCUT2D eigenvalue weighted by molar-refractivity contribution is 7.85. The molecule has 134 valence electrons. The minimum Gasteiger partial charge on any atom is -0.444 e. The lowest BCUT2D eigenvalue weighted by Crippen LogP contribution is -2.48. The molecule has 0 aromatic rings. The molecule has 2 aliphatic rings. The van der Waals surface area contributed by atoms with E-state index in [0.29, 0.717) is 0 Å². The number of hydrogen-bond acceptors (Lipinski definition) is 4. The van der Waals surface area contributed by atoms with Gasteiger partial charge in [-0.1, -0.05) is 0 Å². The maximum atomic E-state index is 12.1. The lowest BCUT2D eigenvalue weighted by Gasteiger charge is -2.52. The number of carbonyl (C=O) groups is 1. The van der Waals surface area contributed by atoms with Crippen LogP contribution in [0.5, 0.6) is 0 Å². The first-order chi connectivity index (χ1) is 10.4. The van der Waals surface area contributed by atoms with Crippen LogP contribution in [-0.4, -0.2) is 48.4 Å². The van der Waals surface area contributed by atoms with E-state index in [1.54, 1.807) is 11.9 Å². The van der Waals surface area contributed by atoms with E-state index in [1.165, 1.54) is 0 Å². The van der Waals surface area contributed by atoms with Crippen LogP contribution >= 0.6 is 0 Å². The Morgan fingerprint density at radius 3 is 2.22 bits per heavy atom. The third-order valence-electron chi connectivity index (χ3n) is 5.13. The van der Waals surface area contributed by atoms with Crippen LogP contribution in [0.1, 0.15) is 59.3 Å². The van der Waals surface area contributed by atoms with Crippen LogP contribution in [0.4, 0.5) is 4.79 Å². The van der Waals surface area contributed by atoms with Crippen molar-refractivity contribution < 1.29 is 22.5 Å². The van der Waals surface area contributed by atoms with Crippen molar-refractivity contribution in [2.45, 2.75) is 70.9 Å². The first-order valence-corrected chi connectivity index (χ1v) is 9.91. The van der Waals surface area contributed by atoms with E-state index >= 15 is 0 Å². The zero-order valence-electron chi connectivity index (χ0n) is 14.5. The van der Waals surface area contributed by atoms with E-state index in [2.05, 4.69) is 0 Å². The number of nitrogens with zero attached hydrogens (tertiary/aromatic N) is 1. The normalized spacial score (nSPS) is 31.5. The predicted molar refractivity (Wildman–Crippen MR) is 87.8 cm³/mol. The van der Waals surface area contributed by atoms with Crippen molar-refractivity contribution in [1.82, 2.24) is 4.90 Å². The topological polar surface area (TPSA) is 83.9 Å². The molecular weight excluding hydrogens is 318 g/mol. The average Bonchev–Trinajstić information content (AvgIpc) is 2.33. The molecule has 1 spiro atoms. The second-order valence-corrected chi connectivity index (χ2v) is 9.84. The number of rotatable bonds is 3. The Balaban J connectivity index is 1.80. The van der Waals surface area contributed by atoms with Gasteiger partial charge in [-0.25, -0.2) is 4.79 Å². The Hall–Kier alpha value is -0.820. The molecule has 0 aromatic heterocycles. The van der Waals surface area contributed by atoms with E-state index in [1.807, 2.05) is 20.8 Å². The summed E-state index contributed by atoms with van der Waals surface area (Å²) in [7, 11) is -2.07.